The average Bonchev–Trinajstić information content (AvgIpc) is 3.55. The van der Waals surface area contributed by atoms with Crippen molar-refractivity contribution in [3.05, 3.63) is 108 Å². The second-order valence-corrected chi connectivity index (χ2v) is 15.1. The van der Waals surface area contributed by atoms with Gasteiger partial charge in [0.05, 0.1) is 18.8 Å². The third kappa shape index (κ3) is 11.9. The molecule has 310 valence electrons. The molecule has 3 fully saturated rings. The Hall–Kier alpha value is -4.72. The zero-order chi connectivity index (χ0) is 40.6. The smallest absolute Gasteiger partial charge is 0.314 e. The molecular weight excluding hydrogens is 743 g/mol. The lowest BCUT2D eigenvalue weighted by molar-refractivity contribution is -0.226. The zero-order valence-corrected chi connectivity index (χ0v) is 32.9. The van der Waals surface area contributed by atoms with Crippen LogP contribution in [-0.4, -0.2) is 86.4 Å². The Bertz CT molecular complexity index is 1770. The highest BCUT2D eigenvalue weighted by molar-refractivity contribution is 6.04. The van der Waals surface area contributed by atoms with Gasteiger partial charge in [-0.2, -0.15) is 0 Å². The molecule has 0 spiro atoms. The second-order valence-electron chi connectivity index (χ2n) is 15.1. The molecule has 2 heterocycles. The highest BCUT2D eigenvalue weighted by atomic mass is 16.7. The van der Waals surface area contributed by atoms with E-state index in [2.05, 4.69) is 5.32 Å². The number of carbonyl (C=O) groups is 4. The van der Waals surface area contributed by atoms with Gasteiger partial charge in [0.15, 0.2) is 12.6 Å². The minimum absolute atomic E-state index is 0.0353. The van der Waals surface area contributed by atoms with Gasteiger partial charge in [-0.05, 0) is 99.7 Å². The van der Waals surface area contributed by atoms with Gasteiger partial charge in [-0.3, -0.25) is 14.4 Å². The van der Waals surface area contributed by atoms with Crippen molar-refractivity contribution in [2.45, 2.75) is 107 Å². The van der Waals surface area contributed by atoms with Crippen LogP contribution in [0.4, 0.5) is 5.69 Å². The molecule has 58 heavy (non-hydrogen) atoms. The van der Waals surface area contributed by atoms with E-state index in [-0.39, 0.29) is 50.5 Å². The van der Waals surface area contributed by atoms with Gasteiger partial charge in [0.1, 0.15) is 35.9 Å². The number of carboxylic acids is 1. The molecule has 12 nitrogen and oxygen atoms in total. The minimum Gasteiger partial charge on any atom is -0.491 e. The molecule has 2 aliphatic heterocycles. The van der Waals surface area contributed by atoms with Crippen LogP contribution in [-0.2, 0) is 43.5 Å². The summed E-state index contributed by atoms with van der Waals surface area (Å²) < 4.78 is 37.2. The number of nitrogens with one attached hydrogen (secondary N) is 1. The second kappa shape index (κ2) is 21.9. The molecule has 2 saturated heterocycles. The van der Waals surface area contributed by atoms with E-state index >= 15 is 0 Å². The average molecular weight is 798 g/mol. The van der Waals surface area contributed by atoms with Crippen molar-refractivity contribution in [2.75, 3.05) is 31.7 Å². The fourth-order valence-electron chi connectivity index (χ4n) is 7.78. The summed E-state index contributed by atoms with van der Waals surface area (Å²) in [5.41, 5.74) is -0.0944. The monoisotopic (exact) mass is 797 g/mol. The number of anilines is 1. The van der Waals surface area contributed by atoms with Crippen LogP contribution in [0, 0.1) is 5.92 Å². The van der Waals surface area contributed by atoms with E-state index in [1.54, 1.807) is 54.6 Å². The number of allylic oxidation sites excluding steroid dienone is 2. The predicted octanol–water partition coefficient (Wildman–Crippen LogP) is 7.45. The number of ether oxygens (including phenoxy) is 6. The Kier molecular flexibility index (Phi) is 16.2. The number of carbonyl (C=O) groups excluding carboxylic acids is 3. The van der Waals surface area contributed by atoms with Crippen LogP contribution in [0.3, 0.4) is 0 Å². The summed E-state index contributed by atoms with van der Waals surface area (Å²) in [6.07, 6.45) is 8.31. The van der Waals surface area contributed by atoms with Crippen molar-refractivity contribution < 1.29 is 52.7 Å². The lowest BCUT2D eigenvalue weighted by Crippen LogP contribution is -2.40. The van der Waals surface area contributed by atoms with Crippen LogP contribution < -0.4 is 10.1 Å². The molecule has 3 aromatic rings. The highest BCUT2D eigenvalue weighted by Crippen LogP contribution is 2.36. The van der Waals surface area contributed by atoms with Crippen molar-refractivity contribution in [3.63, 3.8) is 0 Å². The molecule has 1 amide bonds. The van der Waals surface area contributed by atoms with E-state index in [0.29, 0.717) is 54.9 Å². The zero-order valence-electron chi connectivity index (χ0n) is 32.9. The molecule has 6 rings (SSSR count). The lowest BCUT2D eigenvalue weighted by atomic mass is 9.75. The topological polar surface area (TPSA) is 156 Å². The number of hydrogen-bond donors (Lipinski definition) is 2. The van der Waals surface area contributed by atoms with E-state index < -0.39 is 41.9 Å². The number of carboxylic acid groups (broad SMARTS) is 1. The molecule has 1 aliphatic carbocycles. The van der Waals surface area contributed by atoms with Gasteiger partial charge >= 0.3 is 5.97 Å². The maximum Gasteiger partial charge on any atom is 0.314 e. The molecule has 0 radical (unpaired) electrons. The molecule has 2 N–H and O–H groups in total. The lowest BCUT2D eigenvalue weighted by Gasteiger charge is -2.32. The molecule has 3 aromatic carbocycles. The maximum atomic E-state index is 13.6. The first kappa shape index (κ1) is 42.9. The fraction of sp³-hybridized carbons (Fsp3) is 0.478. The van der Waals surface area contributed by atoms with Crippen LogP contribution in [0.15, 0.2) is 97.1 Å². The quantitative estimate of drug-likeness (QED) is 0.0816. The molecule has 7 atom stereocenters. The van der Waals surface area contributed by atoms with Crippen LogP contribution >= 0.6 is 0 Å². The van der Waals surface area contributed by atoms with E-state index in [9.17, 15) is 24.3 Å². The van der Waals surface area contributed by atoms with Crippen molar-refractivity contribution in [1.29, 1.82) is 0 Å². The molecule has 1 saturated carbocycles. The Morgan fingerprint density at radius 1 is 0.845 bits per heavy atom. The normalized spacial score (nSPS) is 23.9. The largest absolute Gasteiger partial charge is 0.491 e. The van der Waals surface area contributed by atoms with Crippen LogP contribution in [0.25, 0.3) is 0 Å². The Morgan fingerprint density at radius 3 is 2.19 bits per heavy atom. The van der Waals surface area contributed by atoms with E-state index in [4.69, 9.17) is 28.4 Å². The number of benzene rings is 3. The predicted molar refractivity (Wildman–Crippen MR) is 216 cm³/mol. The summed E-state index contributed by atoms with van der Waals surface area (Å²) in [4.78, 5) is 51.0. The Balaban J connectivity index is 1.11. The number of amides is 1. The number of ketones is 1. The van der Waals surface area contributed by atoms with Gasteiger partial charge in [-0.25, -0.2) is 0 Å². The van der Waals surface area contributed by atoms with E-state index in [0.717, 1.165) is 38.5 Å². The summed E-state index contributed by atoms with van der Waals surface area (Å²) in [5.74, 6) is -1.16. The number of aldehydes is 1. The fourth-order valence-corrected chi connectivity index (χ4v) is 7.78. The number of rotatable bonds is 21. The van der Waals surface area contributed by atoms with Gasteiger partial charge in [-0.1, -0.05) is 60.7 Å². The third-order valence-electron chi connectivity index (χ3n) is 11.0. The SMILES string of the molecule is O=CC[C@@](CC=CCC[C@H]1C(=O)C[C@@H](OC2CCCCO2)C1OCC(COc1ccccc1)OC1CCCCO1)(C(=O)O)c1ccc(NC(=O)c2ccccc2)cc1. The number of hydrogen-bond acceptors (Lipinski definition) is 10. The molecule has 0 aromatic heterocycles. The Morgan fingerprint density at radius 2 is 1.53 bits per heavy atom. The van der Waals surface area contributed by atoms with Gasteiger partial charge in [0.25, 0.3) is 5.91 Å². The molecule has 3 aliphatic rings. The van der Waals surface area contributed by atoms with Crippen molar-refractivity contribution in [3.8, 4) is 5.75 Å². The van der Waals surface area contributed by atoms with E-state index in [1.165, 1.54) is 0 Å². The Labute approximate surface area is 340 Å². The first-order valence-electron chi connectivity index (χ1n) is 20.5. The van der Waals surface area contributed by atoms with Crippen LogP contribution in [0.5, 0.6) is 5.75 Å². The van der Waals surface area contributed by atoms with Crippen LogP contribution in [0.1, 0.15) is 86.6 Å². The standard InChI is InChI=1S/C46H55NO11/c48-27-26-46(45(51)52,34-21-23-35(24-22-34)47-44(50)33-14-4-1-5-15-33)25-11-3-8-18-38-39(49)30-40(58-42-20-10-13-29-54-42)43(38)56-32-37(57-41-19-9-12-28-53-41)31-55-36-16-6-2-7-17-36/h1-7,11,14-17,21-24,27,37-38,40-43H,8-10,12-13,18-20,25-26,28-32H2,(H,47,50)(H,51,52)/t37?,38-,40+,41?,42?,43?,46+/m0/s1. The van der Waals surface area contributed by atoms with Gasteiger partial charge < -0.3 is 43.6 Å². The molecule has 0 bridgehead atoms. The molecule has 4 unspecified atom stereocenters. The van der Waals surface area contributed by atoms with Crippen molar-refractivity contribution >= 4 is 29.6 Å². The summed E-state index contributed by atoms with van der Waals surface area (Å²) in [7, 11) is 0. The van der Waals surface area contributed by atoms with Crippen molar-refractivity contribution in [2.24, 2.45) is 5.92 Å². The summed E-state index contributed by atoms with van der Waals surface area (Å²) in [6, 6.07) is 24.8. The first-order valence-corrected chi connectivity index (χ1v) is 20.5. The number of aliphatic carboxylic acids is 1. The minimum atomic E-state index is -1.52. The third-order valence-corrected chi connectivity index (χ3v) is 11.0. The summed E-state index contributed by atoms with van der Waals surface area (Å²) in [6.45, 7) is 1.62. The highest BCUT2D eigenvalue weighted by Gasteiger charge is 2.45. The number of Topliss-reactive ketones (excluding diaryl/α,β-unsaturated/α-hetero) is 1. The maximum absolute atomic E-state index is 13.6. The van der Waals surface area contributed by atoms with Gasteiger partial charge in [-0.15, -0.1) is 0 Å². The number of para-hydroxylation sites is 1. The van der Waals surface area contributed by atoms with Crippen LogP contribution in [0.2, 0.25) is 0 Å². The summed E-state index contributed by atoms with van der Waals surface area (Å²) >= 11 is 0. The van der Waals surface area contributed by atoms with Gasteiger partial charge in [0, 0.05) is 43.2 Å². The molecular formula is C46H55NO11. The van der Waals surface area contributed by atoms with Gasteiger partial charge in [0.2, 0.25) is 0 Å². The first-order chi connectivity index (χ1) is 28.3. The molecule has 12 heteroatoms. The van der Waals surface area contributed by atoms with Crippen molar-refractivity contribution in [1.82, 2.24) is 0 Å². The summed E-state index contributed by atoms with van der Waals surface area (Å²) in [5, 5.41) is 13.3. The van der Waals surface area contributed by atoms with E-state index in [1.807, 2.05) is 42.5 Å².